The highest BCUT2D eigenvalue weighted by Gasteiger charge is 2.39. The van der Waals surface area contributed by atoms with Crippen LogP contribution in [-0.2, 0) is 4.79 Å². The summed E-state index contributed by atoms with van der Waals surface area (Å²) >= 11 is 0. The van der Waals surface area contributed by atoms with E-state index in [0.29, 0.717) is 25.4 Å². The zero-order valence-electron chi connectivity index (χ0n) is 10.7. The third-order valence-electron chi connectivity index (χ3n) is 3.54. The van der Waals surface area contributed by atoms with Gasteiger partial charge < -0.3 is 10.0 Å². The Bertz CT molecular complexity index is 309. The van der Waals surface area contributed by atoms with Crippen LogP contribution in [0.1, 0.15) is 33.1 Å². The van der Waals surface area contributed by atoms with Crippen LogP contribution in [0.25, 0.3) is 0 Å². The SMILES string of the molecule is C#CCNC1(C(=O)O)CCCN(C(C)C)CC1. The highest BCUT2D eigenvalue weighted by atomic mass is 16.4. The van der Waals surface area contributed by atoms with Crippen LogP contribution >= 0.6 is 0 Å². The first-order valence-electron chi connectivity index (χ1n) is 6.18. The molecule has 1 rings (SSSR count). The average Bonchev–Trinajstić information content (AvgIpc) is 2.49. The lowest BCUT2D eigenvalue weighted by Crippen LogP contribution is -2.52. The van der Waals surface area contributed by atoms with Crippen molar-refractivity contribution < 1.29 is 9.90 Å². The Kier molecular flexibility index (Phi) is 4.98. The zero-order chi connectivity index (χ0) is 12.9. The molecule has 1 aliphatic rings. The van der Waals surface area contributed by atoms with Gasteiger partial charge in [0.15, 0.2) is 0 Å². The quantitative estimate of drug-likeness (QED) is 0.715. The van der Waals surface area contributed by atoms with Gasteiger partial charge in [0.25, 0.3) is 0 Å². The van der Waals surface area contributed by atoms with Crippen LogP contribution in [-0.4, -0.2) is 47.2 Å². The van der Waals surface area contributed by atoms with Gasteiger partial charge in [0.05, 0.1) is 6.54 Å². The van der Waals surface area contributed by atoms with Gasteiger partial charge in [-0.3, -0.25) is 10.1 Å². The predicted octanol–water partition coefficient (Wildman–Crippen LogP) is 0.927. The molecule has 0 amide bonds. The molecule has 1 atom stereocenters. The Hall–Kier alpha value is -1.05. The smallest absolute Gasteiger partial charge is 0.323 e. The number of aliphatic carboxylic acids is 1. The third-order valence-corrected chi connectivity index (χ3v) is 3.54. The maximum absolute atomic E-state index is 11.5. The van der Waals surface area contributed by atoms with Gasteiger partial charge in [-0.1, -0.05) is 5.92 Å². The van der Waals surface area contributed by atoms with Crippen molar-refractivity contribution in [2.75, 3.05) is 19.6 Å². The number of terminal acetylenes is 1. The summed E-state index contributed by atoms with van der Waals surface area (Å²) in [6, 6.07) is 0.465. The molecule has 0 aliphatic carbocycles. The Morgan fingerprint density at radius 3 is 2.76 bits per heavy atom. The van der Waals surface area contributed by atoms with Crippen LogP contribution in [0.5, 0.6) is 0 Å². The maximum Gasteiger partial charge on any atom is 0.323 e. The van der Waals surface area contributed by atoms with Crippen LogP contribution in [0.3, 0.4) is 0 Å². The molecular formula is C13H22N2O2. The van der Waals surface area contributed by atoms with E-state index in [2.05, 4.69) is 30.0 Å². The molecule has 1 heterocycles. The van der Waals surface area contributed by atoms with Crippen molar-refractivity contribution in [1.29, 1.82) is 0 Å². The van der Waals surface area contributed by atoms with Crippen molar-refractivity contribution >= 4 is 5.97 Å². The van der Waals surface area contributed by atoms with Crippen molar-refractivity contribution in [2.24, 2.45) is 0 Å². The molecule has 96 valence electrons. The molecule has 0 aromatic heterocycles. The molecule has 1 aliphatic heterocycles. The zero-order valence-corrected chi connectivity index (χ0v) is 10.7. The molecule has 0 aromatic carbocycles. The van der Waals surface area contributed by atoms with Gasteiger partial charge in [-0.05, 0) is 39.7 Å². The number of likely N-dealkylation sites (tertiary alicyclic amines) is 1. The summed E-state index contributed by atoms with van der Waals surface area (Å²) in [5.41, 5.74) is -0.837. The fourth-order valence-electron chi connectivity index (χ4n) is 2.36. The van der Waals surface area contributed by atoms with E-state index in [1.165, 1.54) is 0 Å². The summed E-state index contributed by atoms with van der Waals surface area (Å²) in [5, 5.41) is 12.4. The number of hydrogen-bond donors (Lipinski definition) is 2. The maximum atomic E-state index is 11.5. The molecule has 1 fully saturated rings. The normalized spacial score (nSPS) is 26.5. The Labute approximate surface area is 103 Å². The van der Waals surface area contributed by atoms with E-state index in [1.54, 1.807) is 0 Å². The highest BCUT2D eigenvalue weighted by molar-refractivity contribution is 5.78. The minimum absolute atomic E-state index is 0.313. The van der Waals surface area contributed by atoms with Crippen LogP contribution in [0.2, 0.25) is 0 Å². The Morgan fingerprint density at radius 2 is 2.24 bits per heavy atom. The molecule has 4 heteroatoms. The first-order chi connectivity index (χ1) is 8.02. The summed E-state index contributed by atoms with van der Waals surface area (Å²) in [4.78, 5) is 13.8. The van der Waals surface area contributed by atoms with Gasteiger partial charge in [-0.25, -0.2) is 0 Å². The number of hydrogen-bond acceptors (Lipinski definition) is 3. The van der Waals surface area contributed by atoms with Crippen molar-refractivity contribution in [2.45, 2.75) is 44.7 Å². The number of carbonyl (C=O) groups is 1. The van der Waals surface area contributed by atoms with Crippen molar-refractivity contribution in [3.05, 3.63) is 0 Å². The number of nitrogens with zero attached hydrogens (tertiary/aromatic N) is 1. The van der Waals surface area contributed by atoms with Gasteiger partial charge in [0, 0.05) is 12.6 Å². The Balaban J connectivity index is 2.73. The molecule has 1 saturated heterocycles. The van der Waals surface area contributed by atoms with Crippen molar-refractivity contribution in [3.8, 4) is 12.3 Å². The predicted molar refractivity (Wildman–Crippen MR) is 67.8 cm³/mol. The minimum Gasteiger partial charge on any atom is -0.480 e. The number of rotatable bonds is 4. The molecule has 0 radical (unpaired) electrons. The fraction of sp³-hybridized carbons (Fsp3) is 0.769. The first-order valence-corrected chi connectivity index (χ1v) is 6.18. The monoisotopic (exact) mass is 238 g/mol. The van der Waals surface area contributed by atoms with Gasteiger partial charge in [-0.15, -0.1) is 6.42 Å². The Morgan fingerprint density at radius 1 is 1.53 bits per heavy atom. The lowest BCUT2D eigenvalue weighted by Gasteiger charge is -2.29. The van der Waals surface area contributed by atoms with E-state index in [9.17, 15) is 9.90 Å². The van der Waals surface area contributed by atoms with Crippen LogP contribution < -0.4 is 5.32 Å². The van der Waals surface area contributed by atoms with Gasteiger partial charge in [0.1, 0.15) is 5.54 Å². The number of nitrogens with one attached hydrogen (secondary N) is 1. The molecule has 0 bridgehead atoms. The van der Waals surface area contributed by atoms with E-state index in [-0.39, 0.29) is 0 Å². The molecule has 1 unspecified atom stereocenters. The second kappa shape index (κ2) is 6.04. The molecule has 17 heavy (non-hydrogen) atoms. The van der Waals surface area contributed by atoms with E-state index in [4.69, 9.17) is 6.42 Å². The molecule has 4 nitrogen and oxygen atoms in total. The number of carboxylic acids is 1. The summed E-state index contributed by atoms with van der Waals surface area (Å²) in [6.45, 7) is 6.37. The van der Waals surface area contributed by atoms with Gasteiger partial charge in [0.2, 0.25) is 0 Å². The highest BCUT2D eigenvalue weighted by Crippen LogP contribution is 2.23. The number of carboxylic acid groups (broad SMARTS) is 1. The lowest BCUT2D eigenvalue weighted by atomic mass is 9.90. The summed E-state index contributed by atoms with van der Waals surface area (Å²) < 4.78 is 0. The van der Waals surface area contributed by atoms with Gasteiger partial charge in [-0.2, -0.15) is 0 Å². The topological polar surface area (TPSA) is 52.6 Å². The second-order valence-electron chi connectivity index (χ2n) is 4.93. The van der Waals surface area contributed by atoms with Crippen LogP contribution in [0.4, 0.5) is 0 Å². The fourth-order valence-corrected chi connectivity index (χ4v) is 2.36. The lowest BCUT2D eigenvalue weighted by molar-refractivity contribution is -0.145. The van der Waals surface area contributed by atoms with Crippen LogP contribution in [0, 0.1) is 12.3 Å². The van der Waals surface area contributed by atoms with E-state index < -0.39 is 11.5 Å². The molecule has 0 spiro atoms. The summed E-state index contributed by atoms with van der Waals surface area (Å²) in [5.74, 6) is 1.68. The van der Waals surface area contributed by atoms with Crippen molar-refractivity contribution in [1.82, 2.24) is 10.2 Å². The second-order valence-corrected chi connectivity index (χ2v) is 4.93. The van der Waals surface area contributed by atoms with E-state index in [1.807, 2.05) is 0 Å². The third kappa shape index (κ3) is 3.45. The minimum atomic E-state index is -0.837. The van der Waals surface area contributed by atoms with Crippen LogP contribution in [0.15, 0.2) is 0 Å². The first kappa shape index (κ1) is 14.0. The van der Waals surface area contributed by atoms with E-state index in [0.717, 1.165) is 19.5 Å². The molecular weight excluding hydrogens is 216 g/mol. The summed E-state index contributed by atoms with van der Waals surface area (Å²) in [6.07, 6.45) is 7.35. The molecule has 0 saturated carbocycles. The molecule has 0 aromatic rings. The summed E-state index contributed by atoms with van der Waals surface area (Å²) in [7, 11) is 0. The standard InChI is InChI=1S/C13H22N2O2/c1-4-8-14-13(12(16)17)6-5-9-15(10-7-13)11(2)3/h1,11,14H,5-10H2,2-3H3,(H,16,17). The van der Waals surface area contributed by atoms with Crippen molar-refractivity contribution in [3.63, 3.8) is 0 Å². The van der Waals surface area contributed by atoms with E-state index >= 15 is 0 Å². The van der Waals surface area contributed by atoms with Gasteiger partial charge >= 0.3 is 5.97 Å². The average molecular weight is 238 g/mol. The molecule has 2 N–H and O–H groups in total. The largest absolute Gasteiger partial charge is 0.480 e.